The maximum absolute atomic E-state index is 12.6. The first kappa shape index (κ1) is 15.3. The van der Waals surface area contributed by atoms with Gasteiger partial charge in [-0.3, -0.25) is 9.59 Å². The van der Waals surface area contributed by atoms with Gasteiger partial charge < -0.3 is 10.2 Å². The van der Waals surface area contributed by atoms with E-state index in [0.717, 1.165) is 25.6 Å². The lowest BCUT2D eigenvalue weighted by Crippen LogP contribution is -2.33. The van der Waals surface area contributed by atoms with Crippen LogP contribution in [0.25, 0.3) is 10.8 Å². The van der Waals surface area contributed by atoms with Gasteiger partial charge in [0.05, 0.1) is 5.39 Å². The van der Waals surface area contributed by atoms with Gasteiger partial charge in [-0.05, 0) is 37.8 Å². The second kappa shape index (κ2) is 6.02. The predicted octanol–water partition coefficient (Wildman–Crippen LogP) is 1.15. The van der Waals surface area contributed by atoms with Crippen LogP contribution in [0.5, 0.6) is 0 Å². The number of rotatable bonds is 4. The Morgan fingerprint density at radius 2 is 2.00 bits per heavy atom. The number of likely N-dealkylation sites (tertiary alicyclic amines) is 1. The van der Waals surface area contributed by atoms with Gasteiger partial charge in [0.15, 0.2) is 5.69 Å². The molecule has 2 fully saturated rings. The fourth-order valence-corrected chi connectivity index (χ4v) is 3.59. The standard InChI is InChI=1S/C18H22N4O2/c1-21-18(24)15-5-3-2-4-14(15)16(20-21)17(23)19-10-12-8-9-22(11-12)13-6-7-13/h2-5,12-13H,6-11H2,1H3,(H,19,23)/t12-/m0/s1. The van der Waals surface area contributed by atoms with Crippen LogP contribution in [0.2, 0.25) is 0 Å². The number of aromatic nitrogens is 2. The first-order valence-electron chi connectivity index (χ1n) is 8.62. The Hall–Kier alpha value is -2.21. The minimum atomic E-state index is -0.202. The molecule has 6 heteroatoms. The van der Waals surface area contributed by atoms with Gasteiger partial charge in [0.1, 0.15) is 0 Å². The first-order chi connectivity index (χ1) is 11.6. The van der Waals surface area contributed by atoms with Crippen LogP contribution in [0.1, 0.15) is 29.8 Å². The van der Waals surface area contributed by atoms with Gasteiger partial charge in [0, 0.05) is 31.6 Å². The largest absolute Gasteiger partial charge is 0.350 e. The Morgan fingerprint density at radius 3 is 2.75 bits per heavy atom. The molecule has 1 aliphatic carbocycles. The van der Waals surface area contributed by atoms with Crippen molar-refractivity contribution in [1.82, 2.24) is 20.0 Å². The third-order valence-electron chi connectivity index (χ3n) is 5.10. The van der Waals surface area contributed by atoms with E-state index in [-0.39, 0.29) is 11.5 Å². The van der Waals surface area contributed by atoms with Crippen molar-refractivity contribution in [2.75, 3.05) is 19.6 Å². The van der Waals surface area contributed by atoms with E-state index in [1.54, 1.807) is 25.2 Å². The van der Waals surface area contributed by atoms with Crippen LogP contribution in [-0.2, 0) is 7.05 Å². The summed E-state index contributed by atoms with van der Waals surface area (Å²) in [6, 6.07) is 7.94. The molecule has 1 aliphatic heterocycles. The molecular weight excluding hydrogens is 304 g/mol. The summed E-state index contributed by atoms with van der Waals surface area (Å²) in [6.45, 7) is 2.89. The molecule has 6 nitrogen and oxygen atoms in total. The van der Waals surface area contributed by atoms with Crippen molar-refractivity contribution in [3.63, 3.8) is 0 Å². The number of carbonyl (C=O) groups excluding carboxylic acids is 1. The fraction of sp³-hybridized carbons (Fsp3) is 0.500. The summed E-state index contributed by atoms with van der Waals surface area (Å²) < 4.78 is 1.24. The smallest absolute Gasteiger partial charge is 0.274 e. The Balaban J connectivity index is 1.49. The summed E-state index contributed by atoms with van der Waals surface area (Å²) in [5, 5.41) is 8.34. The van der Waals surface area contributed by atoms with Crippen LogP contribution in [0.15, 0.2) is 29.1 Å². The highest BCUT2D eigenvalue weighted by Crippen LogP contribution is 2.31. The van der Waals surface area contributed by atoms with Crippen LogP contribution in [0.4, 0.5) is 0 Å². The van der Waals surface area contributed by atoms with E-state index in [1.165, 1.54) is 17.5 Å². The molecule has 4 rings (SSSR count). The van der Waals surface area contributed by atoms with Crippen molar-refractivity contribution < 1.29 is 4.79 Å². The number of hydrogen-bond donors (Lipinski definition) is 1. The molecule has 0 radical (unpaired) electrons. The zero-order valence-corrected chi connectivity index (χ0v) is 13.9. The highest BCUT2D eigenvalue weighted by atomic mass is 16.2. The molecule has 1 amide bonds. The van der Waals surface area contributed by atoms with Crippen LogP contribution >= 0.6 is 0 Å². The van der Waals surface area contributed by atoms with Crippen molar-refractivity contribution in [1.29, 1.82) is 0 Å². The second-order valence-corrected chi connectivity index (χ2v) is 6.91. The molecule has 0 spiro atoms. The first-order valence-corrected chi connectivity index (χ1v) is 8.62. The quantitative estimate of drug-likeness (QED) is 0.915. The SMILES string of the molecule is Cn1nc(C(=O)NC[C@@H]2CCN(C3CC3)C2)c2ccccc2c1=O. The minimum absolute atomic E-state index is 0.182. The van der Waals surface area contributed by atoms with Crippen molar-refractivity contribution >= 4 is 16.7 Å². The maximum Gasteiger partial charge on any atom is 0.274 e. The predicted molar refractivity (Wildman–Crippen MR) is 92.0 cm³/mol. The molecule has 0 unspecified atom stereocenters. The van der Waals surface area contributed by atoms with Crippen molar-refractivity contribution in [2.24, 2.45) is 13.0 Å². The molecule has 1 saturated heterocycles. The molecule has 1 aromatic carbocycles. The molecule has 24 heavy (non-hydrogen) atoms. The number of nitrogens with zero attached hydrogens (tertiary/aromatic N) is 3. The normalized spacial score (nSPS) is 21.3. The zero-order chi connectivity index (χ0) is 16.7. The lowest BCUT2D eigenvalue weighted by molar-refractivity contribution is 0.0942. The van der Waals surface area contributed by atoms with E-state index in [2.05, 4.69) is 15.3 Å². The highest BCUT2D eigenvalue weighted by Gasteiger charge is 2.34. The fourth-order valence-electron chi connectivity index (χ4n) is 3.59. The Bertz CT molecular complexity index is 841. The number of aryl methyl sites for hydroxylation is 1. The Kier molecular flexibility index (Phi) is 3.84. The summed E-state index contributed by atoms with van der Waals surface area (Å²) in [5.41, 5.74) is 0.141. The molecule has 126 valence electrons. The number of fused-ring (bicyclic) bond motifs is 1. The van der Waals surface area contributed by atoms with E-state index >= 15 is 0 Å². The summed E-state index contributed by atoms with van der Waals surface area (Å²) in [4.78, 5) is 27.3. The van der Waals surface area contributed by atoms with Crippen molar-refractivity contribution in [3.8, 4) is 0 Å². The summed E-state index contributed by atoms with van der Waals surface area (Å²) in [5.74, 6) is 0.306. The van der Waals surface area contributed by atoms with E-state index < -0.39 is 0 Å². The van der Waals surface area contributed by atoms with Gasteiger partial charge in [0.25, 0.3) is 11.5 Å². The molecule has 2 aromatic rings. The maximum atomic E-state index is 12.6. The molecule has 1 saturated carbocycles. The van der Waals surface area contributed by atoms with Crippen molar-refractivity contribution in [2.45, 2.75) is 25.3 Å². The van der Waals surface area contributed by atoms with E-state index in [4.69, 9.17) is 0 Å². The number of amides is 1. The second-order valence-electron chi connectivity index (χ2n) is 6.91. The van der Waals surface area contributed by atoms with Gasteiger partial charge >= 0.3 is 0 Å². The average molecular weight is 326 g/mol. The molecule has 2 aliphatic rings. The third kappa shape index (κ3) is 2.82. The molecule has 1 N–H and O–H groups in total. The van der Waals surface area contributed by atoms with Gasteiger partial charge in [-0.25, -0.2) is 4.68 Å². The van der Waals surface area contributed by atoms with Gasteiger partial charge in [-0.15, -0.1) is 0 Å². The monoisotopic (exact) mass is 326 g/mol. The molecule has 1 aromatic heterocycles. The number of hydrogen-bond acceptors (Lipinski definition) is 4. The van der Waals surface area contributed by atoms with Crippen LogP contribution in [0.3, 0.4) is 0 Å². The van der Waals surface area contributed by atoms with Crippen LogP contribution in [0, 0.1) is 5.92 Å². The lowest BCUT2D eigenvalue weighted by atomic mass is 10.1. The molecule has 2 heterocycles. The van der Waals surface area contributed by atoms with E-state index in [0.29, 0.717) is 28.9 Å². The van der Waals surface area contributed by atoms with Crippen LogP contribution < -0.4 is 10.9 Å². The van der Waals surface area contributed by atoms with Gasteiger partial charge in [-0.1, -0.05) is 18.2 Å². The lowest BCUT2D eigenvalue weighted by Gasteiger charge is -2.15. The zero-order valence-electron chi connectivity index (χ0n) is 13.9. The van der Waals surface area contributed by atoms with Gasteiger partial charge in [0.2, 0.25) is 0 Å². The summed E-state index contributed by atoms with van der Waals surface area (Å²) in [6.07, 6.45) is 3.79. The summed E-state index contributed by atoms with van der Waals surface area (Å²) >= 11 is 0. The van der Waals surface area contributed by atoms with Crippen LogP contribution in [-0.4, -0.2) is 46.3 Å². The van der Waals surface area contributed by atoms with E-state index in [1.807, 2.05) is 6.07 Å². The Morgan fingerprint density at radius 1 is 1.25 bits per heavy atom. The molecule has 0 bridgehead atoms. The summed E-state index contributed by atoms with van der Waals surface area (Å²) in [7, 11) is 1.58. The third-order valence-corrected chi connectivity index (χ3v) is 5.10. The topological polar surface area (TPSA) is 67.2 Å². The Labute approximate surface area is 140 Å². The van der Waals surface area contributed by atoms with Gasteiger partial charge in [-0.2, -0.15) is 5.10 Å². The number of carbonyl (C=O) groups is 1. The molecular formula is C18H22N4O2. The minimum Gasteiger partial charge on any atom is -0.350 e. The van der Waals surface area contributed by atoms with E-state index in [9.17, 15) is 9.59 Å². The highest BCUT2D eigenvalue weighted by molar-refractivity contribution is 6.04. The number of nitrogens with one attached hydrogen (secondary N) is 1. The molecule has 1 atom stereocenters. The van der Waals surface area contributed by atoms with Crippen molar-refractivity contribution in [3.05, 3.63) is 40.3 Å². The number of benzene rings is 1. The average Bonchev–Trinajstić information content (AvgIpc) is 3.34.